The standard InChI is InChI=1S/C24H42O4.C3H4O2/c1-5-6-7-8-9-10-14-17-25-21(2)18-26-22(3)19-27-23(4)20-28-24-15-12-11-13-16-24;1-2-3(4)5/h11-13,15-16,21-23H,5-10,14,17-20H2,1-4H3;2H,1H2,(H,4,5). The summed E-state index contributed by atoms with van der Waals surface area (Å²) < 4.78 is 23.2. The number of rotatable bonds is 19. The summed E-state index contributed by atoms with van der Waals surface area (Å²) in [5.74, 6) is -0.112. The second-order valence-electron chi connectivity index (χ2n) is 8.26. The summed E-state index contributed by atoms with van der Waals surface area (Å²) >= 11 is 0. The van der Waals surface area contributed by atoms with Crippen molar-refractivity contribution >= 4 is 5.97 Å². The van der Waals surface area contributed by atoms with Crippen LogP contribution in [0.2, 0.25) is 0 Å². The van der Waals surface area contributed by atoms with Crippen molar-refractivity contribution in [2.24, 2.45) is 0 Å². The summed E-state index contributed by atoms with van der Waals surface area (Å²) in [5.41, 5.74) is 0. The molecule has 0 radical (unpaired) electrons. The minimum Gasteiger partial charge on any atom is -0.491 e. The lowest BCUT2D eigenvalue weighted by molar-refractivity contribution is -0.131. The van der Waals surface area contributed by atoms with Crippen molar-refractivity contribution in [2.45, 2.75) is 91.0 Å². The SMILES string of the molecule is C=CC(=O)O.CCCCCCCCCOC(C)COC(C)COC(C)COc1ccccc1. The van der Waals surface area contributed by atoms with Crippen molar-refractivity contribution in [2.75, 3.05) is 26.4 Å². The normalized spacial score (nSPS) is 13.3. The Labute approximate surface area is 201 Å². The molecule has 0 bridgehead atoms. The molecule has 1 rings (SSSR count). The zero-order chi connectivity index (χ0) is 24.7. The van der Waals surface area contributed by atoms with E-state index in [0.29, 0.717) is 19.8 Å². The van der Waals surface area contributed by atoms with E-state index < -0.39 is 5.97 Å². The molecule has 0 aliphatic carbocycles. The average Bonchev–Trinajstić information content (AvgIpc) is 2.82. The second-order valence-corrected chi connectivity index (χ2v) is 8.26. The molecule has 33 heavy (non-hydrogen) atoms. The van der Waals surface area contributed by atoms with Gasteiger partial charge in [-0.15, -0.1) is 0 Å². The van der Waals surface area contributed by atoms with Gasteiger partial charge in [-0.25, -0.2) is 4.79 Å². The van der Waals surface area contributed by atoms with Gasteiger partial charge in [0.2, 0.25) is 0 Å². The topological polar surface area (TPSA) is 74.2 Å². The van der Waals surface area contributed by atoms with Crippen LogP contribution in [0.3, 0.4) is 0 Å². The van der Waals surface area contributed by atoms with E-state index in [1.54, 1.807) is 0 Å². The summed E-state index contributed by atoms with van der Waals surface area (Å²) in [5, 5.41) is 7.60. The highest BCUT2D eigenvalue weighted by Crippen LogP contribution is 2.10. The third-order valence-corrected chi connectivity index (χ3v) is 4.78. The molecule has 0 amide bonds. The maximum Gasteiger partial charge on any atom is 0.327 e. The summed E-state index contributed by atoms with van der Waals surface area (Å²) in [7, 11) is 0. The van der Waals surface area contributed by atoms with Crippen LogP contribution in [-0.4, -0.2) is 55.8 Å². The lowest BCUT2D eigenvalue weighted by Crippen LogP contribution is -2.27. The molecule has 0 heterocycles. The third-order valence-electron chi connectivity index (χ3n) is 4.78. The highest BCUT2D eigenvalue weighted by atomic mass is 16.6. The number of unbranched alkanes of at least 4 members (excludes halogenated alkanes) is 6. The van der Waals surface area contributed by atoms with Crippen LogP contribution in [0.1, 0.15) is 72.6 Å². The number of benzene rings is 1. The quantitative estimate of drug-likeness (QED) is 0.191. The van der Waals surface area contributed by atoms with Crippen LogP contribution in [0, 0.1) is 0 Å². The van der Waals surface area contributed by atoms with Crippen molar-refractivity contribution in [1.29, 1.82) is 0 Å². The van der Waals surface area contributed by atoms with Crippen molar-refractivity contribution in [1.82, 2.24) is 0 Å². The Morgan fingerprint density at radius 2 is 1.33 bits per heavy atom. The predicted molar refractivity (Wildman–Crippen MR) is 134 cm³/mol. The Balaban J connectivity index is 0.00000184. The number of carbonyl (C=O) groups is 1. The molecule has 6 heteroatoms. The van der Waals surface area contributed by atoms with Crippen molar-refractivity contribution in [3.8, 4) is 5.75 Å². The maximum absolute atomic E-state index is 9.25. The van der Waals surface area contributed by atoms with Crippen molar-refractivity contribution < 1.29 is 28.8 Å². The van der Waals surface area contributed by atoms with Crippen LogP contribution in [-0.2, 0) is 19.0 Å². The van der Waals surface area contributed by atoms with Gasteiger partial charge in [-0.3, -0.25) is 0 Å². The molecule has 0 aliphatic rings. The molecule has 3 unspecified atom stereocenters. The van der Waals surface area contributed by atoms with Crippen LogP contribution in [0.5, 0.6) is 5.75 Å². The van der Waals surface area contributed by atoms with Crippen LogP contribution in [0.15, 0.2) is 43.0 Å². The fourth-order valence-corrected chi connectivity index (χ4v) is 2.82. The van der Waals surface area contributed by atoms with Crippen molar-refractivity contribution in [3.63, 3.8) is 0 Å². The van der Waals surface area contributed by atoms with E-state index in [2.05, 4.69) is 20.4 Å². The number of para-hydroxylation sites is 1. The molecule has 0 aliphatic heterocycles. The van der Waals surface area contributed by atoms with Gasteiger partial charge < -0.3 is 24.1 Å². The number of hydrogen-bond acceptors (Lipinski definition) is 5. The summed E-state index contributed by atoms with van der Waals surface area (Å²) in [6, 6.07) is 9.81. The summed E-state index contributed by atoms with van der Waals surface area (Å²) in [4.78, 5) is 9.25. The van der Waals surface area contributed by atoms with Gasteiger partial charge in [0.25, 0.3) is 0 Å². The van der Waals surface area contributed by atoms with Gasteiger partial charge in [-0.05, 0) is 39.3 Å². The van der Waals surface area contributed by atoms with Crippen LogP contribution in [0.25, 0.3) is 0 Å². The minimum atomic E-state index is -0.981. The number of carboxylic acids is 1. The smallest absolute Gasteiger partial charge is 0.327 e. The van der Waals surface area contributed by atoms with E-state index in [0.717, 1.165) is 24.9 Å². The van der Waals surface area contributed by atoms with Gasteiger partial charge in [0.1, 0.15) is 12.4 Å². The lowest BCUT2D eigenvalue weighted by Gasteiger charge is -2.20. The van der Waals surface area contributed by atoms with E-state index in [9.17, 15) is 4.79 Å². The fourth-order valence-electron chi connectivity index (χ4n) is 2.82. The van der Waals surface area contributed by atoms with E-state index in [1.165, 1.54) is 38.5 Å². The predicted octanol–water partition coefficient (Wildman–Crippen LogP) is 6.29. The Morgan fingerprint density at radius 1 is 0.848 bits per heavy atom. The largest absolute Gasteiger partial charge is 0.491 e. The monoisotopic (exact) mass is 466 g/mol. The zero-order valence-corrected chi connectivity index (χ0v) is 21.2. The first-order valence-corrected chi connectivity index (χ1v) is 12.3. The average molecular weight is 467 g/mol. The molecule has 0 aromatic heterocycles. The van der Waals surface area contributed by atoms with Crippen LogP contribution >= 0.6 is 0 Å². The first kappa shape index (κ1) is 31.1. The molecule has 0 saturated carbocycles. The molecule has 0 fully saturated rings. The molecule has 0 spiro atoms. The summed E-state index contributed by atoms with van der Waals surface area (Å²) in [6.07, 6.45) is 10.2. The van der Waals surface area contributed by atoms with E-state index in [1.807, 2.05) is 44.2 Å². The van der Waals surface area contributed by atoms with E-state index in [4.69, 9.17) is 24.1 Å². The Bertz CT molecular complexity index is 577. The van der Waals surface area contributed by atoms with Gasteiger partial charge in [0.05, 0.1) is 31.5 Å². The van der Waals surface area contributed by atoms with Gasteiger partial charge in [-0.1, -0.05) is 70.2 Å². The number of aliphatic carboxylic acids is 1. The third kappa shape index (κ3) is 21.7. The first-order chi connectivity index (χ1) is 15.9. The molecular formula is C27H46O6. The summed E-state index contributed by atoms with van der Waals surface area (Å²) in [6.45, 7) is 13.9. The second kappa shape index (κ2) is 21.9. The van der Waals surface area contributed by atoms with Gasteiger partial charge >= 0.3 is 5.97 Å². The highest BCUT2D eigenvalue weighted by Gasteiger charge is 2.10. The van der Waals surface area contributed by atoms with Crippen LogP contribution < -0.4 is 4.74 Å². The van der Waals surface area contributed by atoms with E-state index in [-0.39, 0.29) is 18.3 Å². The highest BCUT2D eigenvalue weighted by molar-refractivity contribution is 5.78. The fraction of sp³-hybridized carbons (Fsp3) is 0.667. The lowest BCUT2D eigenvalue weighted by atomic mass is 10.1. The molecule has 3 atom stereocenters. The molecular weight excluding hydrogens is 420 g/mol. The molecule has 6 nitrogen and oxygen atoms in total. The molecule has 1 aromatic carbocycles. The van der Waals surface area contributed by atoms with Gasteiger partial charge in [0, 0.05) is 12.7 Å². The number of hydrogen-bond donors (Lipinski definition) is 1. The van der Waals surface area contributed by atoms with E-state index >= 15 is 0 Å². The number of carboxylic acid groups (broad SMARTS) is 1. The van der Waals surface area contributed by atoms with Crippen molar-refractivity contribution in [3.05, 3.63) is 43.0 Å². The molecule has 0 saturated heterocycles. The molecule has 190 valence electrons. The van der Waals surface area contributed by atoms with Gasteiger partial charge in [-0.2, -0.15) is 0 Å². The Kier molecular flexibility index (Phi) is 20.7. The van der Waals surface area contributed by atoms with Crippen LogP contribution in [0.4, 0.5) is 0 Å². The molecule has 1 N–H and O–H groups in total. The first-order valence-electron chi connectivity index (χ1n) is 12.3. The number of ether oxygens (including phenoxy) is 4. The zero-order valence-electron chi connectivity index (χ0n) is 21.2. The Morgan fingerprint density at radius 3 is 1.88 bits per heavy atom. The Hall–Kier alpha value is -1.89. The minimum absolute atomic E-state index is 0.0252. The maximum atomic E-state index is 9.25. The molecule has 1 aromatic rings. The van der Waals surface area contributed by atoms with Gasteiger partial charge in [0.15, 0.2) is 0 Å².